The average Bonchev–Trinajstić information content (AvgIpc) is 3.00. The maximum absolute atomic E-state index is 13.2. The van der Waals surface area contributed by atoms with Crippen LogP contribution >= 0.6 is 0 Å². The number of rotatable bonds is 4. The summed E-state index contributed by atoms with van der Waals surface area (Å²) in [6, 6.07) is 11.6. The SMILES string of the molecule is Cc1cccc(NC(=O)Cn2nnc(-c3cccc(F)c3)n2)c1C. The summed E-state index contributed by atoms with van der Waals surface area (Å²) >= 11 is 0. The number of anilines is 1. The molecule has 0 unspecified atom stereocenters. The Labute approximate surface area is 138 Å². The van der Waals surface area contributed by atoms with Crippen LogP contribution in [0.3, 0.4) is 0 Å². The van der Waals surface area contributed by atoms with Crippen molar-refractivity contribution >= 4 is 11.6 Å². The zero-order valence-electron chi connectivity index (χ0n) is 13.3. The van der Waals surface area contributed by atoms with Gasteiger partial charge in [-0.25, -0.2) is 4.39 Å². The molecule has 1 N–H and O–H groups in total. The number of carbonyl (C=O) groups is 1. The quantitative estimate of drug-likeness (QED) is 0.800. The number of amides is 1. The van der Waals surface area contributed by atoms with Crippen LogP contribution in [-0.4, -0.2) is 26.1 Å². The van der Waals surface area contributed by atoms with E-state index >= 15 is 0 Å². The number of aryl methyl sites for hydroxylation is 1. The van der Waals surface area contributed by atoms with Gasteiger partial charge in [-0.05, 0) is 48.4 Å². The lowest BCUT2D eigenvalue weighted by molar-refractivity contribution is -0.117. The Morgan fingerprint density at radius 3 is 2.79 bits per heavy atom. The molecule has 0 saturated carbocycles. The Morgan fingerprint density at radius 2 is 2.00 bits per heavy atom. The third kappa shape index (κ3) is 3.45. The van der Waals surface area contributed by atoms with Crippen LogP contribution in [0.2, 0.25) is 0 Å². The molecule has 122 valence electrons. The second-order valence-corrected chi connectivity index (χ2v) is 5.45. The maximum Gasteiger partial charge on any atom is 0.248 e. The van der Waals surface area contributed by atoms with Gasteiger partial charge in [0.05, 0.1) is 0 Å². The van der Waals surface area contributed by atoms with Crippen LogP contribution in [0.1, 0.15) is 11.1 Å². The molecule has 0 spiro atoms. The van der Waals surface area contributed by atoms with Crippen molar-refractivity contribution in [2.24, 2.45) is 0 Å². The van der Waals surface area contributed by atoms with Gasteiger partial charge in [0.1, 0.15) is 12.4 Å². The summed E-state index contributed by atoms with van der Waals surface area (Å²) in [6.45, 7) is 3.85. The standard InChI is InChI=1S/C17H16FN5O/c1-11-5-3-8-15(12(11)2)19-16(24)10-23-21-17(20-22-23)13-6-4-7-14(18)9-13/h3-9H,10H2,1-2H3,(H,19,24). The van der Waals surface area contributed by atoms with Gasteiger partial charge >= 0.3 is 0 Å². The van der Waals surface area contributed by atoms with Gasteiger partial charge in [-0.3, -0.25) is 4.79 Å². The topological polar surface area (TPSA) is 72.7 Å². The minimum absolute atomic E-state index is 0.0737. The lowest BCUT2D eigenvalue weighted by atomic mass is 10.1. The third-order valence-corrected chi connectivity index (χ3v) is 3.70. The Bertz CT molecular complexity index is 890. The van der Waals surface area contributed by atoms with Crippen LogP contribution in [0.25, 0.3) is 11.4 Å². The average molecular weight is 325 g/mol. The van der Waals surface area contributed by atoms with Gasteiger partial charge in [0.15, 0.2) is 0 Å². The predicted octanol–water partition coefficient (Wildman–Crippen LogP) is 2.73. The molecule has 0 saturated heterocycles. The smallest absolute Gasteiger partial charge is 0.248 e. The summed E-state index contributed by atoms with van der Waals surface area (Å²) in [6.07, 6.45) is 0. The van der Waals surface area contributed by atoms with Crippen molar-refractivity contribution in [3.63, 3.8) is 0 Å². The van der Waals surface area contributed by atoms with E-state index < -0.39 is 0 Å². The van der Waals surface area contributed by atoms with Gasteiger partial charge in [0, 0.05) is 11.3 Å². The number of hydrogen-bond donors (Lipinski definition) is 1. The van der Waals surface area contributed by atoms with E-state index in [1.807, 2.05) is 32.0 Å². The minimum Gasteiger partial charge on any atom is -0.324 e. The largest absolute Gasteiger partial charge is 0.324 e. The molecular formula is C17H16FN5O. The molecule has 6 nitrogen and oxygen atoms in total. The van der Waals surface area contributed by atoms with Gasteiger partial charge in [0.25, 0.3) is 0 Å². The first-order chi connectivity index (χ1) is 11.5. The molecule has 0 radical (unpaired) electrons. The number of tetrazole rings is 1. The highest BCUT2D eigenvalue weighted by molar-refractivity contribution is 5.91. The second-order valence-electron chi connectivity index (χ2n) is 5.45. The van der Waals surface area contributed by atoms with Crippen LogP contribution in [0.5, 0.6) is 0 Å². The highest BCUT2D eigenvalue weighted by atomic mass is 19.1. The van der Waals surface area contributed by atoms with Crippen molar-refractivity contribution in [1.82, 2.24) is 20.2 Å². The molecule has 0 aliphatic rings. The zero-order chi connectivity index (χ0) is 17.1. The van der Waals surface area contributed by atoms with E-state index in [4.69, 9.17) is 0 Å². The number of hydrogen-bond acceptors (Lipinski definition) is 4. The Morgan fingerprint density at radius 1 is 1.21 bits per heavy atom. The molecule has 1 amide bonds. The maximum atomic E-state index is 13.2. The molecule has 0 atom stereocenters. The van der Waals surface area contributed by atoms with E-state index in [9.17, 15) is 9.18 Å². The van der Waals surface area contributed by atoms with Gasteiger partial charge < -0.3 is 5.32 Å². The molecule has 0 fully saturated rings. The number of nitrogens with one attached hydrogen (secondary N) is 1. The zero-order valence-corrected chi connectivity index (χ0v) is 13.3. The van der Waals surface area contributed by atoms with Gasteiger partial charge in [-0.15, -0.1) is 10.2 Å². The molecule has 3 rings (SSSR count). The molecule has 24 heavy (non-hydrogen) atoms. The lowest BCUT2D eigenvalue weighted by Crippen LogP contribution is -2.21. The molecule has 0 aliphatic carbocycles. The van der Waals surface area contributed by atoms with Crippen molar-refractivity contribution in [3.05, 3.63) is 59.4 Å². The number of carbonyl (C=O) groups excluding carboxylic acids is 1. The van der Waals surface area contributed by atoms with E-state index in [0.717, 1.165) is 16.8 Å². The summed E-state index contributed by atoms with van der Waals surface area (Å²) < 4.78 is 13.2. The molecule has 3 aromatic rings. The highest BCUT2D eigenvalue weighted by Crippen LogP contribution is 2.18. The number of benzene rings is 2. The van der Waals surface area contributed by atoms with Crippen LogP contribution in [0.15, 0.2) is 42.5 Å². The monoisotopic (exact) mass is 325 g/mol. The van der Waals surface area contributed by atoms with Crippen molar-refractivity contribution in [3.8, 4) is 11.4 Å². The van der Waals surface area contributed by atoms with Gasteiger partial charge in [0.2, 0.25) is 11.7 Å². The van der Waals surface area contributed by atoms with Crippen LogP contribution in [0.4, 0.5) is 10.1 Å². The summed E-state index contributed by atoms with van der Waals surface area (Å²) in [5.41, 5.74) is 3.37. The molecule has 1 aromatic heterocycles. The first kappa shape index (κ1) is 15.8. The molecule has 0 bridgehead atoms. The summed E-state index contributed by atoms with van der Waals surface area (Å²) in [5, 5.41) is 14.6. The van der Waals surface area contributed by atoms with Crippen molar-refractivity contribution < 1.29 is 9.18 Å². The lowest BCUT2D eigenvalue weighted by Gasteiger charge is -2.09. The van der Waals surface area contributed by atoms with Crippen molar-refractivity contribution in [2.45, 2.75) is 20.4 Å². The predicted molar refractivity (Wildman–Crippen MR) is 87.8 cm³/mol. The summed E-state index contributed by atoms with van der Waals surface area (Å²) in [7, 11) is 0. The van der Waals surface area contributed by atoms with Crippen LogP contribution in [0, 0.1) is 19.7 Å². The fourth-order valence-electron chi connectivity index (χ4n) is 2.26. The van der Waals surface area contributed by atoms with E-state index in [1.165, 1.54) is 16.9 Å². The second kappa shape index (κ2) is 6.57. The fourth-order valence-corrected chi connectivity index (χ4v) is 2.26. The molecular weight excluding hydrogens is 309 g/mol. The van der Waals surface area contributed by atoms with Gasteiger partial charge in [-0.2, -0.15) is 4.80 Å². The van der Waals surface area contributed by atoms with E-state index in [2.05, 4.69) is 20.7 Å². The third-order valence-electron chi connectivity index (χ3n) is 3.70. The fraction of sp³-hybridized carbons (Fsp3) is 0.176. The van der Waals surface area contributed by atoms with E-state index in [0.29, 0.717) is 5.56 Å². The number of aromatic nitrogens is 4. The molecule has 1 heterocycles. The van der Waals surface area contributed by atoms with E-state index in [-0.39, 0.29) is 24.1 Å². The number of nitrogens with zero attached hydrogens (tertiary/aromatic N) is 4. The minimum atomic E-state index is -0.378. The van der Waals surface area contributed by atoms with Crippen LogP contribution in [-0.2, 0) is 11.3 Å². The Hall–Kier alpha value is -3.09. The Balaban J connectivity index is 1.70. The van der Waals surface area contributed by atoms with Crippen molar-refractivity contribution in [1.29, 1.82) is 0 Å². The van der Waals surface area contributed by atoms with E-state index in [1.54, 1.807) is 12.1 Å². The normalized spacial score (nSPS) is 10.6. The number of halogens is 1. The molecule has 7 heteroatoms. The first-order valence-corrected chi connectivity index (χ1v) is 7.43. The highest BCUT2D eigenvalue weighted by Gasteiger charge is 2.11. The van der Waals surface area contributed by atoms with Crippen LogP contribution < -0.4 is 5.32 Å². The molecule has 0 aliphatic heterocycles. The van der Waals surface area contributed by atoms with Gasteiger partial charge in [-0.1, -0.05) is 24.3 Å². The van der Waals surface area contributed by atoms with Crippen molar-refractivity contribution in [2.75, 3.05) is 5.32 Å². The summed E-state index contributed by atoms with van der Waals surface area (Å²) in [5.74, 6) is -0.363. The Kier molecular flexibility index (Phi) is 4.33. The molecule has 2 aromatic carbocycles. The first-order valence-electron chi connectivity index (χ1n) is 7.43. The summed E-state index contributed by atoms with van der Waals surface area (Å²) in [4.78, 5) is 13.3.